The van der Waals surface area contributed by atoms with Crippen molar-refractivity contribution < 1.29 is 9.90 Å². The fourth-order valence-corrected chi connectivity index (χ4v) is 2.88. The Hall–Kier alpha value is -1.35. The molecule has 0 atom stereocenters. The van der Waals surface area contributed by atoms with Gasteiger partial charge in [-0.15, -0.1) is 0 Å². The quantitative estimate of drug-likeness (QED) is 0.895. The standard InChI is InChI=1S/C18H27NO2/c1-14-6-4-5-7-15(14)12-16(20)19-13-18(21)10-8-17(2,3)9-11-18/h4-7,21H,8-13H2,1-3H3,(H,19,20). The van der Waals surface area contributed by atoms with E-state index in [0.717, 1.165) is 36.8 Å². The van der Waals surface area contributed by atoms with Crippen LogP contribution in [0.1, 0.15) is 50.7 Å². The smallest absolute Gasteiger partial charge is 0.224 e. The molecule has 0 heterocycles. The van der Waals surface area contributed by atoms with E-state index in [-0.39, 0.29) is 5.91 Å². The molecule has 0 spiro atoms. The van der Waals surface area contributed by atoms with E-state index in [1.54, 1.807) is 0 Å². The van der Waals surface area contributed by atoms with E-state index < -0.39 is 5.60 Å². The molecule has 1 aromatic carbocycles. The highest BCUT2D eigenvalue weighted by Crippen LogP contribution is 2.39. The van der Waals surface area contributed by atoms with Gasteiger partial charge in [0.05, 0.1) is 12.0 Å². The normalized spacial score (nSPS) is 20.0. The van der Waals surface area contributed by atoms with E-state index in [9.17, 15) is 9.90 Å². The lowest BCUT2D eigenvalue weighted by molar-refractivity contribution is -0.122. The molecule has 3 heteroatoms. The van der Waals surface area contributed by atoms with E-state index in [1.165, 1.54) is 0 Å². The second-order valence-electron chi connectivity index (χ2n) is 7.27. The lowest BCUT2D eigenvalue weighted by atomic mass is 9.71. The van der Waals surface area contributed by atoms with Crippen LogP contribution in [0.2, 0.25) is 0 Å². The molecule has 1 aromatic rings. The van der Waals surface area contributed by atoms with Gasteiger partial charge in [-0.2, -0.15) is 0 Å². The predicted molar refractivity (Wildman–Crippen MR) is 85.1 cm³/mol. The summed E-state index contributed by atoms with van der Waals surface area (Å²) in [5.41, 5.74) is 1.77. The molecule has 1 aliphatic carbocycles. The highest BCUT2D eigenvalue weighted by Gasteiger charge is 2.36. The molecule has 0 radical (unpaired) electrons. The molecule has 1 saturated carbocycles. The second-order valence-corrected chi connectivity index (χ2v) is 7.27. The Balaban J connectivity index is 1.83. The largest absolute Gasteiger partial charge is 0.388 e. The van der Waals surface area contributed by atoms with Gasteiger partial charge < -0.3 is 10.4 Å². The number of carbonyl (C=O) groups excluding carboxylic acids is 1. The second kappa shape index (κ2) is 6.18. The van der Waals surface area contributed by atoms with Crippen LogP contribution in [0.5, 0.6) is 0 Å². The summed E-state index contributed by atoms with van der Waals surface area (Å²) in [6.45, 7) is 6.86. The zero-order valence-corrected chi connectivity index (χ0v) is 13.4. The average molecular weight is 289 g/mol. The van der Waals surface area contributed by atoms with Crippen LogP contribution in [0, 0.1) is 12.3 Å². The number of benzene rings is 1. The van der Waals surface area contributed by atoms with Crippen LogP contribution in [0.4, 0.5) is 0 Å². The highest BCUT2D eigenvalue weighted by atomic mass is 16.3. The Bertz CT molecular complexity index is 498. The van der Waals surface area contributed by atoms with Gasteiger partial charge in [0.2, 0.25) is 5.91 Å². The summed E-state index contributed by atoms with van der Waals surface area (Å²) in [5.74, 6) is -0.0115. The molecule has 2 N–H and O–H groups in total. The SMILES string of the molecule is Cc1ccccc1CC(=O)NCC1(O)CCC(C)(C)CC1. The fourth-order valence-electron chi connectivity index (χ4n) is 2.88. The van der Waals surface area contributed by atoms with Crippen molar-refractivity contribution in [2.75, 3.05) is 6.54 Å². The third-order valence-electron chi connectivity index (χ3n) is 4.76. The highest BCUT2D eigenvalue weighted by molar-refractivity contribution is 5.79. The summed E-state index contributed by atoms with van der Waals surface area (Å²) in [6.07, 6.45) is 3.94. The summed E-state index contributed by atoms with van der Waals surface area (Å²) in [4.78, 5) is 12.1. The van der Waals surface area contributed by atoms with Gasteiger partial charge in [-0.3, -0.25) is 4.79 Å². The van der Waals surface area contributed by atoms with E-state index >= 15 is 0 Å². The summed E-state index contributed by atoms with van der Waals surface area (Å²) >= 11 is 0. The maximum Gasteiger partial charge on any atom is 0.224 e. The minimum atomic E-state index is -0.725. The van der Waals surface area contributed by atoms with E-state index in [1.807, 2.05) is 31.2 Å². The molecular formula is C18H27NO2. The van der Waals surface area contributed by atoms with Gasteiger partial charge >= 0.3 is 0 Å². The minimum absolute atomic E-state index is 0.0115. The zero-order valence-electron chi connectivity index (χ0n) is 13.4. The lowest BCUT2D eigenvalue weighted by Crippen LogP contribution is -2.46. The predicted octanol–water partition coefficient (Wildman–Crippen LogP) is 2.99. The minimum Gasteiger partial charge on any atom is -0.388 e. The molecule has 1 fully saturated rings. The van der Waals surface area contributed by atoms with Crippen molar-refractivity contribution in [3.05, 3.63) is 35.4 Å². The molecule has 21 heavy (non-hydrogen) atoms. The number of amides is 1. The van der Waals surface area contributed by atoms with E-state index in [0.29, 0.717) is 18.4 Å². The number of hydrogen-bond acceptors (Lipinski definition) is 2. The summed E-state index contributed by atoms with van der Waals surface area (Å²) in [5, 5.41) is 13.5. The van der Waals surface area contributed by atoms with Gasteiger partial charge in [0, 0.05) is 6.54 Å². The van der Waals surface area contributed by atoms with Gasteiger partial charge in [-0.25, -0.2) is 0 Å². The Labute approximate surface area is 127 Å². The Kier molecular flexibility index (Phi) is 4.72. The molecule has 3 nitrogen and oxygen atoms in total. The number of carbonyl (C=O) groups is 1. The summed E-state index contributed by atoms with van der Waals surface area (Å²) in [7, 11) is 0. The summed E-state index contributed by atoms with van der Waals surface area (Å²) in [6, 6.07) is 7.92. The van der Waals surface area contributed by atoms with Crippen molar-refractivity contribution in [2.24, 2.45) is 5.41 Å². The lowest BCUT2D eigenvalue weighted by Gasteiger charge is -2.40. The van der Waals surface area contributed by atoms with Crippen molar-refractivity contribution in [1.82, 2.24) is 5.32 Å². The van der Waals surface area contributed by atoms with E-state index in [2.05, 4.69) is 19.2 Å². The maximum atomic E-state index is 12.1. The van der Waals surface area contributed by atoms with Gasteiger partial charge in [0.15, 0.2) is 0 Å². The summed E-state index contributed by atoms with van der Waals surface area (Å²) < 4.78 is 0. The molecule has 116 valence electrons. The molecule has 2 rings (SSSR count). The third-order valence-corrected chi connectivity index (χ3v) is 4.76. The van der Waals surface area contributed by atoms with Crippen molar-refractivity contribution >= 4 is 5.91 Å². The molecule has 0 unspecified atom stereocenters. The Morgan fingerprint density at radius 1 is 1.19 bits per heavy atom. The molecule has 0 bridgehead atoms. The van der Waals surface area contributed by atoms with Crippen LogP contribution in [-0.4, -0.2) is 23.2 Å². The number of aliphatic hydroxyl groups is 1. The fraction of sp³-hybridized carbons (Fsp3) is 0.611. The molecule has 1 amide bonds. The Morgan fingerprint density at radius 3 is 2.43 bits per heavy atom. The van der Waals surface area contributed by atoms with Gasteiger partial charge in [0.1, 0.15) is 0 Å². The van der Waals surface area contributed by atoms with E-state index in [4.69, 9.17) is 0 Å². The monoisotopic (exact) mass is 289 g/mol. The average Bonchev–Trinajstić information content (AvgIpc) is 2.43. The zero-order chi connectivity index (χ0) is 15.5. The first-order chi connectivity index (χ1) is 9.80. The number of nitrogens with one attached hydrogen (secondary N) is 1. The Morgan fingerprint density at radius 2 is 1.81 bits per heavy atom. The van der Waals surface area contributed by atoms with Crippen LogP contribution in [0.25, 0.3) is 0 Å². The van der Waals surface area contributed by atoms with Gasteiger partial charge in [-0.05, 0) is 49.1 Å². The number of rotatable bonds is 4. The first-order valence-corrected chi connectivity index (χ1v) is 7.83. The van der Waals surface area contributed by atoms with Crippen LogP contribution < -0.4 is 5.32 Å². The van der Waals surface area contributed by atoms with Crippen LogP contribution in [-0.2, 0) is 11.2 Å². The van der Waals surface area contributed by atoms with Crippen molar-refractivity contribution in [3.8, 4) is 0 Å². The van der Waals surface area contributed by atoms with Crippen LogP contribution >= 0.6 is 0 Å². The molecular weight excluding hydrogens is 262 g/mol. The first kappa shape index (κ1) is 16.0. The number of hydrogen-bond donors (Lipinski definition) is 2. The molecule has 0 saturated heterocycles. The molecule has 0 aromatic heterocycles. The van der Waals surface area contributed by atoms with Crippen LogP contribution in [0.3, 0.4) is 0 Å². The van der Waals surface area contributed by atoms with Gasteiger partial charge in [-0.1, -0.05) is 38.1 Å². The molecule has 1 aliphatic rings. The van der Waals surface area contributed by atoms with Crippen LogP contribution in [0.15, 0.2) is 24.3 Å². The van der Waals surface area contributed by atoms with Gasteiger partial charge in [0.25, 0.3) is 0 Å². The van der Waals surface area contributed by atoms with Crippen molar-refractivity contribution in [3.63, 3.8) is 0 Å². The van der Waals surface area contributed by atoms with Crippen molar-refractivity contribution in [2.45, 2.75) is 58.5 Å². The topological polar surface area (TPSA) is 49.3 Å². The number of aryl methyl sites for hydroxylation is 1. The third kappa shape index (κ3) is 4.57. The first-order valence-electron chi connectivity index (χ1n) is 7.83. The maximum absolute atomic E-state index is 12.1. The van der Waals surface area contributed by atoms with Crippen molar-refractivity contribution in [1.29, 1.82) is 0 Å². The molecule has 0 aliphatic heterocycles.